The number of carbonyl (C=O) groups excluding carboxylic acids is 1. The van der Waals surface area contributed by atoms with Gasteiger partial charge in [0.05, 0.1) is 0 Å². The molecule has 0 fully saturated rings. The lowest BCUT2D eigenvalue weighted by Gasteiger charge is -2.10. The van der Waals surface area contributed by atoms with E-state index >= 15 is 0 Å². The fourth-order valence-electron chi connectivity index (χ4n) is 1.05. The van der Waals surface area contributed by atoms with Crippen molar-refractivity contribution in [2.45, 2.75) is 52.5 Å². The highest BCUT2D eigenvalue weighted by Crippen LogP contribution is 2.09. The molecule has 0 spiro atoms. The molecule has 0 rings (SSSR count). The van der Waals surface area contributed by atoms with Crippen LogP contribution in [0.15, 0.2) is 0 Å². The molecule has 2 N–H and O–H groups in total. The van der Waals surface area contributed by atoms with Crippen LogP contribution in [0.25, 0.3) is 0 Å². The molecule has 0 saturated heterocycles. The Labute approximate surface area is 75.5 Å². The van der Waals surface area contributed by atoms with Gasteiger partial charge >= 0.3 is 0 Å². The highest BCUT2D eigenvalue weighted by molar-refractivity contribution is 5.79. The van der Waals surface area contributed by atoms with E-state index in [0.29, 0.717) is 24.5 Å². The first-order valence-corrected chi connectivity index (χ1v) is 4.87. The molecule has 0 aliphatic carbocycles. The zero-order valence-electron chi connectivity index (χ0n) is 8.47. The van der Waals surface area contributed by atoms with E-state index in [1.807, 2.05) is 6.92 Å². The first-order chi connectivity index (χ1) is 5.60. The minimum atomic E-state index is 0.0709. The van der Waals surface area contributed by atoms with E-state index in [9.17, 15) is 4.79 Å². The highest BCUT2D eigenvalue weighted by atomic mass is 16.1. The van der Waals surface area contributed by atoms with Gasteiger partial charge in [0, 0.05) is 18.9 Å². The van der Waals surface area contributed by atoms with E-state index in [0.717, 1.165) is 12.8 Å². The summed E-state index contributed by atoms with van der Waals surface area (Å²) in [5, 5.41) is 0. The third kappa shape index (κ3) is 5.30. The molecule has 72 valence electrons. The molecule has 0 radical (unpaired) electrons. The molecule has 2 atom stereocenters. The maximum Gasteiger partial charge on any atom is 0.134 e. The maximum atomic E-state index is 11.3. The summed E-state index contributed by atoms with van der Waals surface area (Å²) < 4.78 is 0. The Hall–Kier alpha value is -0.370. The Morgan fingerprint density at radius 3 is 2.25 bits per heavy atom. The smallest absolute Gasteiger partial charge is 0.134 e. The standard InChI is InChI=1S/C10H21NO/c1-4-8(3)6-10(12)7-9(11)5-2/h8-9H,4-7,11H2,1-3H3. The van der Waals surface area contributed by atoms with E-state index in [4.69, 9.17) is 5.73 Å². The molecule has 0 heterocycles. The van der Waals surface area contributed by atoms with Gasteiger partial charge in [-0.25, -0.2) is 0 Å². The second-order valence-electron chi connectivity index (χ2n) is 3.63. The summed E-state index contributed by atoms with van der Waals surface area (Å²) in [7, 11) is 0. The van der Waals surface area contributed by atoms with Gasteiger partial charge in [-0.15, -0.1) is 0 Å². The number of rotatable bonds is 6. The molecule has 2 heteroatoms. The maximum absolute atomic E-state index is 11.3. The Morgan fingerprint density at radius 2 is 1.83 bits per heavy atom. The van der Waals surface area contributed by atoms with Crippen LogP contribution in [0.5, 0.6) is 0 Å². The van der Waals surface area contributed by atoms with E-state index < -0.39 is 0 Å². The number of nitrogens with two attached hydrogens (primary N) is 1. The van der Waals surface area contributed by atoms with E-state index in [-0.39, 0.29) is 6.04 Å². The van der Waals surface area contributed by atoms with Gasteiger partial charge in [0.15, 0.2) is 0 Å². The van der Waals surface area contributed by atoms with Gasteiger partial charge in [-0.05, 0) is 12.3 Å². The number of ketones is 1. The zero-order valence-corrected chi connectivity index (χ0v) is 8.47. The average molecular weight is 171 g/mol. The fraction of sp³-hybridized carbons (Fsp3) is 0.900. The molecule has 0 amide bonds. The summed E-state index contributed by atoms with van der Waals surface area (Å²) in [5.74, 6) is 0.834. The van der Waals surface area contributed by atoms with E-state index in [1.54, 1.807) is 0 Å². The third-order valence-corrected chi connectivity index (χ3v) is 2.29. The molecule has 2 unspecified atom stereocenters. The van der Waals surface area contributed by atoms with Crippen LogP contribution in [0.4, 0.5) is 0 Å². The van der Waals surface area contributed by atoms with Crippen LogP contribution in [-0.2, 0) is 4.79 Å². The van der Waals surface area contributed by atoms with Crippen molar-refractivity contribution in [2.75, 3.05) is 0 Å². The second-order valence-corrected chi connectivity index (χ2v) is 3.63. The van der Waals surface area contributed by atoms with Crippen molar-refractivity contribution in [1.29, 1.82) is 0 Å². The van der Waals surface area contributed by atoms with Crippen LogP contribution in [0.1, 0.15) is 46.5 Å². The summed E-state index contributed by atoms with van der Waals surface area (Å²) in [4.78, 5) is 11.3. The molecule has 0 aromatic carbocycles. The minimum absolute atomic E-state index is 0.0709. The van der Waals surface area contributed by atoms with Gasteiger partial charge in [0.25, 0.3) is 0 Å². The SMILES string of the molecule is CCC(C)CC(=O)CC(N)CC. The van der Waals surface area contributed by atoms with Crippen LogP contribution >= 0.6 is 0 Å². The van der Waals surface area contributed by atoms with Crippen molar-refractivity contribution in [1.82, 2.24) is 0 Å². The zero-order chi connectivity index (χ0) is 9.56. The normalized spacial score (nSPS) is 15.7. The predicted octanol–water partition coefficient (Wildman–Crippen LogP) is 2.12. The van der Waals surface area contributed by atoms with Gasteiger partial charge in [-0.1, -0.05) is 27.2 Å². The number of Topliss-reactive ketones (excluding diaryl/α,β-unsaturated/α-hetero) is 1. The van der Waals surface area contributed by atoms with Crippen molar-refractivity contribution in [3.05, 3.63) is 0 Å². The summed E-state index contributed by atoms with van der Waals surface area (Å²) >= 11 is 0. The largest absolute Gasteiger partial charge is 0.327 e. The van der Waals surface area contributed by atoms with Crippen molar-refractivity contribution < 1.29 is 4.79 Å². The molecular formula is C10H21NO. The van der Waals surface area contributed by atoms with Crippen molar-refractivity contribution in [2.24, 2.45) is 11.7 Å². The van der Waals surface area contributed by atoms with Crippen molar-refractivity contribution in [3.8, 4) is 0 Å². The fourth-order valence-corrected chi connectivity index (χ4v) is 1.05. The molecule has 0 bridgehead atoms. The number of hydrogen-bond acceptors (Lipinski definition) is 2. The lowest BCUT2D eigenvalue weighted by atomic mass is 9.98. The van der Waals surface area contributed by atoms with E-state index in [2.05, 4.69) is 13.8 Å². The first-order valence-electron chi connectivity index (χ1n) is 4.87. The van der Waals surface area contributed by atoms with Crippen molar-refractivity contribution >= 4 is 5.78 Å². The number of hydrogen-bond donors (Lipinski definition) is 1. The van der Waals surface area contributed by atoms with Gasteiger partial charge < -0.3 is 5.73 Å². The molecule has 0 aromatic heterocycles. The summed E-state index contributed by atoms with van der Waals surface area (Å²) in [6.07, 6.45) is 3.23. The van der Waals surface area contributed by atoms with Crippen LogP contribution < -0.4 is 5.73 Å². The number of carbonyl (C=O) groups is 1. The first kappa shape index (κ1) is 11.6. The Morgan fingerprint density at radius 1 is 1.25 bits per heavy atom. The summed E-state index contributed by atoms with van der Waals surface area (Å²) in [6, 6.07) is 0.0709. The van der Waals surface area contributed by atoms with Crippen molar-refractivity contribution in [3.63, 3.8) is 0 Å². The monoisotopic (exact) mass is 171 g/mol. The molecule has 0 aliphatic rings. The Bertz CT molecular complexity index is 120. The van der Waals surface area contributed by atoms with Gasteiger partial charge in [0.2, 0.25) is 0 Å². The van der Waals surface area contributed by atoms with Gasteiger partial charge in [0.1, 0.15) is 5.78 Å². The highest BCUT2D eigenvalue weighted by Gasteiger charge is 2.10. The average Bonchev–Trinajstić information content (AvgIpc) is 2.03. The third-order valence-electron chi connectivity index (χ3n) is 2.29. The quantitative estimate of drug-likeness (QED) is 0.665. The van der Waals surface area contributed by atoms with Gasteiger partial charge in [-0.3, -0.25) is 4.79 Å². The topological polar surface area (TPSA) is 43.1 Å². The van der Waals surface area contributed by atoms with Crippen LogP contribution in [0.2, 0.25) is 0 Å². The summed E-state index contributed by atoms with van der Waals surface area (Å²) in [6.45, 7) is 6.23. The van der Waals surface area contributed by atoms with Crippen LogP contribution in [0, 0.1) is 5.92 Å². The summed E-state index contributed by atoms with van der Waals surface area (Å²) in [5.41, 5.74) is 5.67. The Kier molecular flexibility index (Phi) is 5.99. The van der Waals surface area contributed by atoms with Crippen LogP contribution in [-0.4, -0.2) is 11.8 Å². The minimum Gasteiger partial charge on any atom is -0.327 e. The molecular weight excluding hydrogens is 150 g/mol. The molecule has 12 heavy (non-hydrogen) atoms. The Balaban J connectivity index is 3.59. The van der Waals surface area contributed by atoms with E-state index in [1.165, 1.54) is 0 Å². The molecule has 2 nitrogen and oxygen atoms in total. The lowest BCUT2D eigenvalue weighted by Crippen LogP contribution is -2.23. The predicted molar refractivity (Wildman–Crippen MR) is 52.0 cm³/mol. The molecule has 0 aromatic rings. The van der Waals surface area contributed by atoms with Gasteiger partial charge in [-0.2, -0.15) is 0 Å². The second kappa shape index (κ2) is 6.18. The molecule has 0 saturated carbocycles. The lowest BCUT2D eigenvalue weighted by molar-refractivity contribution is -0.120. The van der Waals surface area contributed by atoms with Crippen LogP contribution in [0.3, 0.4) is 0 Å². The molecule has 0 aliphatic heterocycles.